The molecule has 0 spiro atoms. The van der Waals surface area contributed by atoms with E-state index in [1.807, 2.05) is 12.3 Å². The summed E-state index contributed by atoms with van der Waals surface area (Å²) in [7, 11) is 0. The Kier molecular flexibility index (Phi) is 2.10. The number of aromatic nitrogens is 1. The third kappa shape index (κ3) is 1.52. The fourth-order valence-corrected chi connectivity index (χ4v) is 2.80. The van der Waals surface area contributed by atoms with Crippen molar-refractivity contribution in [2.75, 3.05) is 0 Å². The number of rotatable bonds is 0. The third-order valence-electron chi connectivity index (χ3n) is 3.73. The predicted molar refractivity (Wildman–Crippen MR) is 81.5 cm³/mol. The summed E-state index contributed by atoms with van der Waals surface area (Å²) in [5, 5.41) is 6.35. The van der Waals surface area contributed by atoms with Gasteiger partial charge in [0.05, 0.1) is 5.52 Å². The number of benzene rings is 3. The van der Waals surface area contributed by atoms with Crippen molar-refractivity contribution in [3.63, 3.8) is 0 Å². The van der Waals surface area contributed by atoms with Crippen molar-refractivity contribution in [3.8, 4) is 0 Å². The van der Waals surface area contributed by atoms with Gasteiger partial charge in [-0.3, -0.25) is 4.98 Å². The minimum atomic E-state index is 1.06. The van der Waals surface area contributed by atoms with Gasteiger partial charge in [-0.2, -0.15) is 0 Å². The normalized spacial score (nSPS) is 11.4. The number of aryl methyl sites for hydroxylation is 1. The van der Waals surface area contributed by atoms with E-state index in [0.717, 1.165) is 5.52 Å². The van der Waals surface area contributed by atoms with E-state index >= 15 is 0 Å². The zero-order chi connectivity index (χ0) is 12.8. The average molecular weight is 243 g/mol. The monoisotopic (exact) mass is 243 g/mol. The molecule has 1 heteroatoms. The lowest BCUT2D eigenvalue weighted by atomic mass is 9.98. The van der Waals surface area contributed by atoms with Crippen LogP contribution < -0.4 is 0 Å². The zero-order valence-electron chi connectivity index (χ0n) is 10.7. The molecular weight excluding hydrogens is 230 g/mol. The Labute approximate surface area is 111 Å². The lowest BCUT2D eigenvalue weighted by Gasteiger charge is -2.08. The molecule has 0 aliphatic rings. The lowest BCUT2D eigenvalue weighted by molar-refractivity contribution is 1.45. The Hall–Kier alpha value is -2.41. The summed E-state index contributed by atoms with van der Waals surface area (Å²) in [6.45, 7) is 2.14. The van der Waals surface area contributed by atoms with E-state index in [4.69, 9.17) is 0 Å². The molecule has 3 aromatic carbocycles. The molecule has 0 radical (unpaired) electrons. The van der Waals surface area contributed by atoms with Gasteiger partial charge in [0.1, 0.15) is 0 Å². The van der Waals surface area contributed by atoms with Crippen LogP contribution >= 0.6 is 0 Å². The highest BCUT2D eigenvalue weighted by atomic mass is 14.6. The van der Waals surface area contributed by atoms with Crippen molar-refractivity contribution in [1.82, 2.24) is 4.98 Å². The Morgan fingerprint density at radius 2 is 1.58 bits per heavy atom. The number of para-hydroxylation sites is 1. The SMILES string of the molecule is Cc1ccc2ccc3cnc4ccccc4c3c2c1. The second kappa shape index (κ2) is 3.79. The number of pyridine rings is 1. The maximum atomic E-state index is 4.54. The standard InChI is InChI=1S/C18H13N/c1-12-6-7-13-8-9-14-11-19-17-5-3-2-4-15(17)18(14)16(13)10-12/h2-11H,1H3. The molecule has 0 bridgehead atoms. The van der Waals surface area contributed by atoms with Gasteiger partial charge in [0, 0.05) is 22.4 Å². The highest BCUT2D eigenvalue weighted by molar-refractivity contribution is 6.19. The molecule has 0 saturated heterocycles. The van der Waals surface area contributed by atoms with Crippen LogP contribution in [0.5, 0.6) is 0 Å². The van der Waals surface area contributed by atoms with E-state index in [1.54, 1.807) is 0 Å². The summed E-state index contributed by atoms with van der Waals surface area (Å²) < 4.78 is 0. The fourth-order valence-electron chi connectivity index (χ4n) is 2.80. The van der Waals surface area contributed by atoms with Gasteiger partial charge in [0.2, 0.25) is 0 Å². The van der Waals surface area contributed by atoms with Crippen LogP contribution in [0.4, 0.5) is 0 Å². The average Bonchev–Trinajstić information content (AvgIpc) is 2.46. The number of nitrogens with zero attached hydrogens (tertiary/aromatic N) is 1. The van der Waals surface area contributed by atoms with Crippen molar-refractivity contribution < 1.29 is 0 Å². The fraction of sp³-hybridized carbons (Fsp3) is 0.0556. The zero-order valence-corrected chi connectivity index (χ0v) is 10.7. The molecule has 0 unspecified atom stereocenters. The summed E-state index contributed by atoms with van der Waals surface area (Å²) in [5.41, 5.74) is 2.35. The van der Waals surface area contributed by atoms with Gasteiger partial charge in [-0.25, -0.2) is 0 Å². The molecule has 1 aromatic heterocycles. The van der Waals surface area contributed by atoms with E-state index in [2.05, 4.69) is 60.4 Å². The molecule has 0 amide bonds. The molecule has 0 N–H and O–H groups in total. The van der Waals surface area contributed by atoms with E-state index in [0.29, 0.717) is 0 Å². The molecule has 0 aliphatic heterocycles. The predicted octanol–water partition coefficient (Wildman–Crippen LogP) is 4.85. The van der Waals surface area contributed by atoms with Crippen LogP contribution in [0, 0.1) is 6.92 Å². The summed E-state index contributed by atoms with van der Waals surface area (Å²) >= 11 is 0. The van der Waals surface area contributed by atoms with Gasteiger partial charge < -0.3 is 0 Å². The van der Waals surface area contributed by atoms with E-state index < -0.39 is 0 Å². The van der Waals surface area contributed by atoms with E-state index in [-0.39, 0.29) is 0 Å². The Morgan fingerprint density at radius 1 is 0.789 bits per heavy atom. The van der Waals surface area contributed by atoms with Gasteiger partial charge >= 0.3 is 0 Å². The van der Waals surface area contributed by atoms with Crippen molar-refractivity contribution in [1.29, 1.82) is 0 Å². The second-order valence-electron chi connectivity index (χ2n) is 5.03. The maximum Gasteiger partial charge on any atom is 0.0708 e. The molecule has 0 atom stereocenters. The quantitative estimate of drug-likeness (QED) is 0.402. The summed E-state index contributed by atoms with van der Waals surface area (Å²) in [6, 6.07) is 19.3. The smallest absolute Gasteiger partial charge is 0.0708 e. The van der Waals surface area contributed by atoms with Gasteiger partial charge in [-0.05, 0) is 23.8 Å². The van der Waals surface area contributed by atoms with Crippen molar-refractivity contribution >= 4 is 32.4 Å². The lowest BCUT2D eigenvalue weighted by Crippen LogP contribution is -1.84. The van der Waals surface area contributed by atoms with Crippen LogP contribution in [0.3, 0.4) is 0 Å². The molecule has 0 saturated carbocycles. The van der Waals surface area contributed by atoms with Crippen molar-refractivity contribution in [2.24, 2.45) is 0 Å². The minimum Gasteiger partial charge on any atom is -0.256 e. The summed E-state index contributed by atoms with van der Waals surface area (Å²) in [5.74, 6) is 0. The van der Waals surface area contributed by atoms with Crippen LogP contribution in [0.15, 0.2) is 60.8 Å². The molecule has 19 heavy (non-hydrogen) atoms. The van der Waals surface area contributed by atoms with E-state index in [9.17, 15) is 0 Å². The second-order valence-corrected chi connectivity index (χ2v) is 5.03. The van der Waals surface area contributed by atoms with Crippen LogP contribution in [-0.2, 0) is 0 Å². The van der Waals surface area contributed by atoms with E-state index in [1.165, 1.54) is 32.5 Å². The Balaban J connectivity index is 2.36. The first kappa shape index (κ1) is 10.5. The summed E-state index contributed by atoms with van der Waals surface area (Å²) in [4.78, 5) is 4.54. The summed E-state index contributed by atoms with van der Waals surface area (Å²) in [6.07, 6.45) is 1.97. The van der Waals surface area contributed by atoms with Crippen molar-refractivity contribution in [2.45, 2.75) is 6.92 Å². The van der Waals surface area contributed by atoms with Gasteiger partial charge in [-0.15, -0.1) is 0 Å². The molecule has 0 aliphatic carbocycles. The number of fused-ring (bicyclic) bond motifs is 5. The van der Waals surface area contributed by atoms with Crippen LogP contribution in [0.25, 0.3) is 32.4 Å². The molecule has 1 heterocycles. The Bertz CT molecular complexity index is 917. The first-order valence-electron chi connectivity index (χ1n) is 6.50. The minimum absolute atomic E-state index is 1.06. The number of hydrogen-bond acceptors (Lipinski definition) is 1. The maximum absolute atomic E-state index is 4.54. The topological polar surface area (TPSA) is 12.9 Å². The van der Waals surface area contributed by atoms with Crippen LogP contribution in [-0.4, -0.2) is 4.98 Å². The van der Waals surface area contributed by atoms with Gasteiger partial charge in [-0.1, -0.05) is 54.1 Å². The highest BCUT2D eigenvalue weighted by Crippen LogP contribution is 2.31. The molecule has 4 rings (SSSR count). The molecule has 90 valence electrons. The third-order valence-corrected chi connectivity index (χ3v) is 3.73. The first-order chi connectivity index (χ1) is 9.33. The van der Waals surface area contributed by atoms with Crippen molar-refractivity contribution in [3.05, 3.63) is 66.4 Å². The van der Waals surface area contributed by atoms with Crippen LogP contribution in [0.1, 0.15) is 5.56 Å². The van der Waals surface area contributed by atoms with Crippen LogP contribution in [0.2, 0.25) is 0 Å². The molecule has 1 nitrogen and oxygen atoms in total. The molecule has 4 aromatic rings. The Morgan fingerprint density at radius 3 is 2.53 bits per heavy atom. The largest absolute Gasteiger partial charge is 0.256 e. The highest BCUT2D eigenvalue weighted by Gasteiger charge is 2.05. The van der Waals surface area contributed by atoms with Gasteiger partial charge in [0.25, 0.3) is 0 Å². The van der Waals surface area contributed by atoms with Gasteiger partial charge in [0.15, 0.2) is 0 Å². The molecular formula is C18H13N. The molecule has 0 fully saturated rings. The number of hydrogen-bond donors (Lipinski definition) is 0. The first-order valence-corrected chi connectivity index (χ1v) is 6.50.